The zero-order valence-electron chi connectivity index (χ0n) is 10.8. The van der Waals surface area contributed by atoms with Gasteiger partial charge in [-0.15, -0.1) is 0 Å². The lowest BCUT2D eigenvalue weighted by atomic mass is 9.98. The standard InChI is InChI=1S/C15H17NO3/c1-11(18)13-6-4-7-15(19-10-17)14(13)9-12-5-2-3-8-16-12/h2-8,11,17-18H,9-10H2,1H3. The van der Waals surface area contributed by atoms with Gasteiger partial charge < -0.3 is 14.9 Å². The minimum Gasteiger partial charge on any atom is -0.467 e. The summed E-state index contributed by atoms with van der Waals surface area (Å²) in [4.78, 5) is 4.28. The molecular weight excluding hydrogens is 242 g/mol. The summed E-state index contributed by atoms with van der Waals surface area (Å²) >= 11 is 0. The van der Waals surface area contributed by atoms with Crippen molar-refractivity contribution in [1.29, 1.82) is 0 Å². The molecule has 0 aliphatic carbocycles. The van der Waals surface area contributed by atoms with Crippen LogP contribution < -0.4 is 4.74 Å². The fraction of sp³-hybridized carbons (Fsp3) is 0.267. The smallest absolute Gasteiger partial charge is 0.186 e. The Balaban J connectivity index is 2.40. The van der Waals surface area contributed by atoms with Gasteiger partial charge in [-0.2, -0.15) is 0 Å². The van der Waals surface area contributed by atoms with E-state index in [1.807, 2.05) is 24.3 Å². The maximum atomic E-state index is 9.84. The van der Waals surface area contributed by atoms with Crippen molar-refractivity contribution < 1.29 is 14.9 Å². The van der Waals surface area contributed by atoms with Crippen LogP contribution in [0, 0.1) is 0 Å². The van der Waals surface area contributed by atoms with Crippen LogP contribution >= 0.6 is 0 Å². The summed E-state index contributed by atoms with van der Waals surface area (Å²) in [5.74, 6) is 0.576. The third-order valence-corrected chi connectivity index (χ3v) is 2.92. The van der Waals surface area contributed by atoms with Crippen molar-refractivity contribution in [2.75, 3.05) is 6.79 Å². The van der Waals surface area contributed by atoms with E-state index >= 15 is 0 Å². The maximum Gasteiger partial charge on any atom is 0.186 e. The molecule has 0 aliphatic heterocycles. The third kappa shape index (κ3) is 3.30. The Morgan fingerprint density at radius 1 is 1.21 bits per heavy atom. The number of rotatable bonds is 5. The molecule has 2 N–H and O–H groups in total. The van der Waals surface area contributed by atoms with Gasteiger partial charge in [-0.05, 0) is 30.7 Å². The molecule has 2 aromatic rings. The predicted molar refractivity (Wildman–Crippen MR) is 71.8 cm³/mol. The largest absolute Gasteiger partial charge is 0.467 e. The second kappa shape index (κ2) is 6.31. The highest BCUT2D eigenvalue weighted by Crippen LogP contribution is 2.28. The van der Waals surface area contributed by atoms with E-state index in [1.54, 1.807) is 25.3 Å². The Labute approximate surface area is 112 Å². The monoisotopic (exact) mass is 259 g/mol. The zero-order chi connectivity index (χ0) is 13.7. The predicted octanol–water partition coefficient (Wildman–Crippen LogP) is 2.05. The van der Waals surface area contributed by atoms with Crippen LogP contribution in [0.3, 0.4) is 0 Å². The van der Waals surface area contributed by atoms with Gasteiger partial charge in [-0.3, -0.25) is 4.98 Å². The quantitative estimate of drug-likeness (QED) is 0.807. The molecule has 1 unspecified atom stereocenters. The maximum absolute atomic E-state index is 9.84. The SMILES string of the molecule is CC(O)c1cccc(OCO)c1Cc1ccccn1. The van der Waals surface area contributed by atoms with E-state index in [1.165, 1.54) is 0 Å². The first-order valence-corrected chi connectivity index (χ1v) is 6.15. The second-order valence-electron chi connectivity index (χ2n) is 4.27. The van der Waals surface area contributed by atoms with E-state index in [0.717, 1.165) is 16.8 Å². The molecule has 19 heavy (non-hydrogen) atoms. The van der Waals surface area contributed by atoms with Gasteiger partial charge >= 0.3 is 0 Å². The minimum absolute atomic E-state index is 0.390. The number of nitrogens with zero attached hydrogens (tertiary/aromatic N) is 1. The fourth-order valence-corrected chi connectivity index (χ4v) is 2.05. The van der Waals surface area contributed by atoms with Crippen molar-refractivity contribution in [2.45, 2.75) is 19.4 Å². The first kappa shape index (κ1) is 13.5. The molecule has 4 nitrogen and oxygen atoms in total. The van der Waals surface area contributed by atoms with Crippen molar-refractivity contribution in [2.24, 2.45) is 0 Å². The lowest BCUT2D eigenvalue weighted by Crippen LogP contribution is -2.05. The summed E-state index contributed by atoms with van der Waals surface area (Å²) in [5, 5.41) is 18.8. The van der Waals surface area contributed by atoms with Crippen LogP contribution in [0.2, 0.25) is 0 Å². The van der Waals surface area contributed by atoms with Gasteiger partial charge in [-0.1, -0.05) is 18.2 Å². The topological polar surface area (TPSA) is 62.6 Å². The van der Waals surface area contributed by atoms with Gasteiger partial charge in [0.1, 0.15) is 5.75 Å². The Morgan fingerprint density at radius 3 is 2.68 bits per heavy atom. The Morgan fingerprint density at radius 2 is 2.05 bits per heavy atom. The third-order valence-electron chi connectivity index (χ3n) is 2.92. The molecule has 1 aromatic heterocycles. The number of pyridine rings is 1. The molecule has 0 bridgehead atoms. The van der Waals surface area contributed by atoms with Gasteiger partial charge in [0.15, 0.2) is 6.79 Å². The summed E-state index contributed by atoms with van der Waals surface area (Å²) in [6.07, 6.45) is 1.69. The van der Waals surface area contributed by atoms with Crippen molar-refractivity contribution in [3.63, 3.8) is 0 Å². The molecule has 0 fully saturated rings. The van der Waals surface area contributed by atoms with Crippen molar-refractivity contribution >= 4 is 0 Å². The van der Waals surface area contributed by atoms with Crippen molar-refractivity contribution in [3.8, 4) is 5.75 Å². The van der Waals surface area contributed by atoms with E-state index in [0.29, 0.717) is 12.2 Å². The fourth-order valence-electron chi connectivity index (χ4n) is 2.05. The van der Waals surface area contributed by atoms with Crippen LogP contribution in [0.15, 0.2) is 42.6 Å². The molecule has 0 spiro atoms. The van der Waals surface area contributed by atoms with Crippen LogP contribution in [-0.4, -0.2) is 22.0 Å². The average Bonchev–Trinajstić information content (AvgIpc) is 2.42. The summed E-state index contributed by atoms with van der Waals surface area (Å²) in [7, 11) is 0. The van der Waals surface area contributed by atoms with E-state index in [2.05, 4.69) is 4.98 Å². The molecule has 2 rings (SSSR count). The van der Waals surface area contributed by atoms with E-state index in [4.69, 9.17) is 9.84 Å². The highest BCUT2D eigenvalue weighted by Gasteiger charge is 2.14. The molecule has 0 aliphatic rings. The Kier molecular flexibility index (Phi) is 4.49. The van der Waals surface area contributed by atoms with E-state index in [-0.39, 0.29) is 0 Å². The molecule has 100 valence electrons. The van der Waals surface area contributed by atoms with E-state index < -0.39 is 12.9 Å². The van der Waals surface area contributed by atoms with Crippen molar-refractivity contribution in [3.05, 3.63) is 59.4 Å². The summed E-state index contributed by atoms with van der Waals surface area (Å²) in [6, 6.07) is 11.1. The summed E-state index contributed by atoms with van der Waals surface area (Å²) < 4.78 is 5.22. The molecule has 0 radical (unpaired) electrons. The number of hydrogen-bond donors (Lipinski definition) is 2. The number of aliphatic hydroxyl groups is 2. The number of benzene rings is 1. The molecule has 1 atom stereocenters. The molecule has 0 saturated carbocycles. The number of hydrogen-bond acceptors (Lipinski definition) is 4. The van der Waals surface area contributed by atoms with Gasteiger partial charge in [-0.25, -0.2) is 0 Å². The molecule has 1 heterocycles. The van der Waals surface area contributed by atoms with Crippen LogP contribution in [0.4, 0.5) is 0 Å². The van der Waals surface area contributed by atoms with Crippen LogP contribution in [0.1, 0.15) is 29.8 Å². The lowest BCUT2D eigenvalue weighted by Gasteiger charge is -2.16. The van der Waals surface area contributed by atoms with Gasteiger partial charge in [0, 0.05) is 23.9 Å². The first-order chi connectivity index (χ1) is 9.22. The Bertz CT molecular complexity index is 526. The lowest BCUT2D eigenvalue weighted by molar-refractivity contribution is 0.0970. The molecular formula is C15H17NO3. The molecule has 0 amide bonds. The normalized spacial score (nSPS) is 12.2. The number of ether oxygens (including phenoxy) is 1. The first-order valence-electron chi connectivity index (χ1n) is 6.15. The summed E-state index contributed by atoms with van der Waals surface area (Å²) in [6.45, 7) is 1.32. The summed E-state index contributed by atoms with van der Waals surface area (Å²) in [5.41, 5.74) is 2.53. The molecule has 4 heteroatoms. The Hall–Kier alpha value is -1.91. The highest BCUT2D eigenvalue weighted by molar-refractivity contribution is 5.43. The molecule has 1 aromatic carbocycles. The van der Waals surface area contributed by atoms with Crippen molar-refractivity contribution in [1.82, 2.24) is 4.98 Å². The van der Waals surface area contributed by atoms with Crippen LogP contribution in [0.25, 0.3) is 0 Å². The van der Waals surface area contributed by atoms with Gasteiger partial charge in [0.05, 0.1) is 6.10 Å². The van der Waals surface area contributed by atoms with Gasteiger partial charge in [0.2, 0.25) is 0 Å². The molecule has 0 saturated heterocycles. The highest BCUT2D eigenvalue weighted by atomic mass is 16.6. The number of aliphatic hydroxyl groups excluding tert-OH is 2. The zero-order valence-corrected chi connectivity index (χ0v) is 10.8. The second-order valence-corrected chi connectivity index (χ2v) is 4.27. The minimum atomic E-state index is -0.596. The van der Waals surface area contributed by atoms with Crippen LogP contribution in [-0.2, 0) is 6.42 Å². The number of aromatic nitrogens is 1. The van der Waals surface area contributed by atoms with Crippen LogP contribution in [0.5, 0.6) is 5.75 Å². The average molecular weight is 259 g/mol. The van der Waals surface area contributed by atoms with E-state index in [9.17, 15) is 5.11 Å². The van der Waals surface area contributed by atoms with Gasteiger partial charge in [0.25, 0.3) is 0 Å².